The lowest BCUT2D eigenvalue weighted by Gasteiger charge is -2.43. The summed E-state index contributed by atoms with van der Waals surface area (Å²) in [6, 6.07) is 9.82. The number of nitrogens with one attached hydrogen (secondary N) is 1. The summed E-state index contributed by atoms with van der Waals surface area (Å²) in [6.07, 6.45) is 2.53. The van der Waals surface area contributed by atoms with Crippen molar-refractivity contribution in [2.75, 3.05) is 12.4 Å². The van der Waals surface area contributed by atoms with Gasteiger partial charge in [-0.25, -0.2) is 0 Å². The Hall–Kier alpha value is -2.00. The van der Waals surface area contributed by atoms with Crippen molar-refractivity contribution in [2.45, 2.75) is 41.4 Å². The van der Waals surface area contributed by atoms with Gasteiger partial charge in [0.05, 0.1) is 17.0 Å². The van der Waals surface area contributed by atoms with Crippen molar-refractivity contribution < 1.29 is 9.59 Å². The standard InChI is InChI=1S/C16H17N3O2S/c1-19(16(10-17)7-4-8-16)14(20)9-13-15(21)18-11-5-2-3-6-12(11)22-13/h2-3,5-6,13H,4,7-9H2,1H3,(H,18,21)/t13-/m0/s1. The minimum absolute atomic E-state index is 0.116. The summed E-state index contributed by atoms with van der Waals surface area (Å²) in [6.45, 7) is 0. The molecular formula is C16H17N3O2S. The van der Waals surface area contributed by atoms with E-state index in [1.165, 1.54) is 16.7 Å². The Morgan fingerprint density at radius 3 is 2.86 bits per heavy atom. The molecule has 6 heteroatoms. The van der Waals surface area contributed by atoms with Crippen LogP contribution in [0.4, 0.5) is 5.69 Å². The van der Waals surface area contributed by atoms with E-state index in [-0.39, 0.29) is 18.2 Å². The average Bonchev–Trinajstić information content (AvgIpc) is 2.47. The Bertz CT molecular complexity index is 664. The van der Waals surface area contributed by atoms with Crippen LogP contribution in [-0.2, 0) is 9.59 Å². The molecule has 1 fully saturated rings. The maximum Gasteiger partial charge on any atom is 0.238 e. The summed E-state index contributed by atoms with van der Waals surface area (Å²) < 4.78 is 0. The van der Waals surface area contributed by atoms with Gasteiger partial charge in [-0.05, 0) is 31.4 Å². The third-order valence-corrected chi connectivity index (χ3v) is 5.75. The molecule has 1 heterocycles. The summed E-state index contributed by atoms with van der Waals surface area (Å²) in [5.41, 5.74) is 0.132. The zero-order valence-electron chi connectivity index (χ0n) is 12.3. The van der Waals surface area contributed by atoms with Crippen molar-refractivity contribution >= 4 is 29.3 Å². The second-order valence-electron chi connectivity index (χ2n) is 5.75. The zero-order valence-corrected chi connectivity index (χ0v) is 13.2. The minimum Gasteiger partial charge on any atom is -0.327 e. The third-order valence-electron chi connectivity index (χ3n) is 4.47. The van der Waals surface area contributed by atoms with E-state index in [0.717, 1.165) is 29.8 Å². The van der Waals surface area contributed by atoms with E-state index in [1.54, 1.807) is 7.05 Å². The molecule has 0 bridgehead atoms. The van der Waals surface area contributed by atoms with Gasteiger partial charge in [-0.1, -0.05) is 12.1 Å². The second-order valence-corrected chi connectivity index (χ2v) is 6.99. The summed E-state index contributed by atoms with van der Waals surface area (Å²) in [5, 5.41) is 11.7. The number of rotatable bonds is 3. The summed E-state index contributed by atoms with van der Waals surface area (Å²) in [7, 11) is 1.67. The molecule has 2 aliphatic rings. The van der Waals surface area contributed by atoms with E-state index >= 15 is 0 Å². The first kappa shape index (κ1) is 14.9. The molecule has 22 heavy (non-hydrogen) atoms. The fourth-order valence-corrected chi connectivity index (χ4v) is 3.90. The Kier molecular flexibility index (Phi) is 3.83. The Morgan fingerprint density at radius 2 is 2.23 bits per heavy atom. The molecule has 0 saturated heterocycles. The van der Waals surface area contributed by atoms with Crippen LogP contribution < -0.4 is 5.32 Å². The number of nitriles is 1. The molecule has 3 rings (SSSR count). The lowest BCUT2D eigenvalue weighted by molar-refractivity contribution is -0.137. The van der Waals surface area contributed by atoms with E-state index in [0.29, 0.717) is 0 Å². The van der Waals surface area contributed by atoms with Gasteiger partial charge in [0, 0.05) is 18.4 Å². The molecule has 1 atom stereocenters. The van der Waals surface area contributed by atoms with Crippen LogP contribution in [0.2, 0.25) is 0 Å². The van der Waals surface area contributed by atoms with Crippen LogP contribution in [0.3, 0.4) is 0 Å². The maximum atomic E-state index is 12.4. The molecule has 5 nitrogen and oxygen atoms in total. The smallest absolute Gasteiger partial charge is 0.238 e. The summed E-state index contributed by atoms with van der Waals surface area (Å²) in [4.78, 5) is 27.1. The molecule has 1 aliphatic heterocycles. The Balaban J connectivity index is 1.70. The van der Waals surface area contributed by atoms with Crippen molar-refractivity contribution in [1.29, 1.82) is 5.26 Å². The summed E-state index contributed by atoms with van der Waals surface area (Å²) >= 11 is 1.41. The number of carbonyl (C=O) groups is 2. The van der Waals surface area contributed by atoms with Crippen molar-refractivity contribution in [1.82, 2.24) is 4.90 Å². The molecule has 0 unspecified atom stereocenters. The number of nitrogens with zero attached hydrogens (tertiary/aromatic N) is 2. The monoisotopic (exact) mass is 315 g/mol. The quantitative estimate of drug-likeness (QED) is 0.929. The van der Waals surface area contributed by atoms with Crippen LogP contribution in [0.25, 0.3) is 0 Å². The van der Waals surface area contributed by atoms with E-state index in [2.05, 4.69) is 11.4 Å². The number of hydrogen-bond acceptors (Lipinski definition) is 4. The Labute approximate surface area is 133 Å². The van der Waals surface area contributed by atoms with Crippen molar-refractivity contribution in [3.05, 3.63) is 24.3 Å². The molecule has 1 aromatic rings. The first-order valence-corrected chi connectivity index (χ1v) is 8.18. The predicted octanol–water partition coefficient (Wildman–Crippen LogP) is 2.39. The fraction of sp³-hybridized carbons (Fsp3) is 0.438. The first-order chi connectivity index (χ1) is 10.6. The molecule has 2 amide bonds. The average molecular weight is 315 g/mol. The number of amides is 2. The van der Waals surface area contributed by atoms with E-state index in [9.17, 15) is 14.9 Å². The number of thioether (sulfide) groups is 1. The first-order valence-electron chi connectivity index (χ1n) is 7.30. The number of fused-ring (bicyclic) bond motifs is 1. The predicted molar refractivity (Wildman–Crippen MR) is 84.3 cm³/mol. The van der Waals surface area contributed by atoms with E-state index in [4.69, 9.17) is 0 Å². The number of hydrogen-bond donors (Lipinski definition) is 1. The fourth-order valence-electron chi connectivity index (χ4n) is 2.80. The Morgan fingerprint density at radius 1 is 1.50 bits per heavy atom. The lowest BCUT2D eigenvalue weighted by Crippen LogP contribution is -2.54. The molecule has 0 aromatic heterocycles. The molecule has 1 saturated carbocycles. The molecular weight excluding hydrogens is 298 g/mol. The van der Waals surface area contributed by atoms with Gasteiger partial charge in [-0.15, -0.1) is 11.8 Å². The molecule has 114 valence electrons. The SMILES string of the molecule is CN(C(=O)C[C@@H]1Sc2ccccc2NC1=O)C1(C#N)CCC1. The van der Waals surface area contributed by atoms with Crippen LogP contribution in [0, 0.1) is 11.3 Å². The highest BCUT2D eigenvalue weighted by atomic mass is 32.2. The highest BCUT2D eigenvalue weighted by molar-refractivity contribution is 8.01. The molecule has 1 N–H and O–H groups in total. The summed E-state index contributed by atoms with van der Waals surface area (Å²) in [5.74, 6) is -0.293. The number of benzene rings is 1. The highest BCUT2D eigenvalue weighted by Crippen LogP contribution is 2.39. The van der Waals surface area contributed by atoms with Gasteiger partial charge in [-0.2, -0.15) is 5.26 Å². The molecule has 0 spiro atoms. The molecule has 1 aromatic carbocycles. The van der Waals surface area contributed by atoms with Gasteiger partial charge >= 0.3 is 0 Å². The van der Waals surface area contributed by atoms with E-state index < -0.39 is 10.8 Å². The normalized spacial score (nSPS) is 21.8. The lowest BCUT2D eigenvalue weighted by atomic mass is 9.76. The van der Waals surface area contributed by atoms with Gasteiger partial charge in [0.25, 0.3) is 0 Å². The molecule has 0 radical (unpaired) electrons. The number of carbonyl (C=O) groups excluding carboxylic acids is 2. The van der Waals surface area contributed by atoms with Crippen LogP contribution >= 0.6 is 11.8 Å². The van der Waals surface area contributed by atoms with Crippen molar-refractivity contribution in [3.63, 3.8) is 0 Å². The molecule has 1 aliphatic carbocycles. The number of para-hydroxylation sites is 1. The van der Waals surface area contributed by atoms with Crippen molar-refractivity contribution in [3.8, 4) is 6.07 Å². The van der Waals surface area contributed by atoms with Gasteiger partial charge in [0.1, 0.15) is 5.54 Å². The van der Waals surface area contributed by atoms with Crippen LogP contribution in [0.1, 0.15) is 25.7 Å². The van der Waals surface area contributed by atoms with Gasteiger partial charge in [-0.3, -0.25) is 9.59 Å². The second kappa shape index (κ2) is 5.65. The van der Waals surface area contributed by atoms with Crippen LogP contribution in [0.5, 0.6) is 0 Å². The van der Waals surface area contributed by atoms with E-state index in [1.807, 2.05) is 24.3 Å². The minimum atomic E-state index is -0.662. The van der Waals surface area contributed by atoms with Gasteiger partial charge < -0.3 is 10.2 Å². The van der Waals surface area contributed by atoms with Crippen LogP contribution in [-0.4, -0.2) is 34.6 Å². The highest BCUT2D eigenvalue weighted by Gasteiger charge is 2.44. The maximum absolute atomic E-state index is 12.4. The van der Waals surface area contributed by atoms with Gasteiger partial charge in [0.2, 0.25) is 11.8 Å². The number of anilines is 1. The topological polar surface area (TPSA) is 73.2 Å². The van der Waals surface area contributed by atoms with Gasteiger partial charge in [0.15, 0.2) is 0 Å². The van der Waals surface area contributed by atoms with Crippen molar-refractivity contribution in [2.24, 2.45) is 0 Å². The largest absolute Gasteiger partial charge is 0.327 e. The van der Waals surface area contributed by atoms with Crippen LogP contribution in [0.15, 0.2) is 29.2 Å². The third kappa shape index (κ3) is 2.46. The zero-order chi connectivity index (χ0) is 15.7.